The van der Waals surface area contributed by atoms with Crippen molar-refractivity contribution in [3.05, 3.63) is 60.2 Å². The lowest BCUT2D eigenvalue weighted by atomic mass is 10.2. The Bertz CT molecular complexity index is 1080. The van der Waals surface area contributed by atoms with Gasteiger partial charge < -0.3 is 4.90 Å². The number of aromatic nitrogens is 1. The van der Waals surface area contributed by atoms with E-state index in [2.05, 4.69) is 46.2 Å². The van der Waals surface area contributed by atoms with E-state index in [4.69, 9.17) is 4.98 Å². The van der Waals surface area contributed by atoms with Crippen molar-refractivity contribution in [3.8, 4) is 0 Å². The van der Waals surface area contributed by atoms with Gasteiger partial charge in [0, 0.05) is 39.0 Å². The minimum Gasteiger partial charge on any atom is -0.345 e. The molecule has 28 heavy (non-hydrogen) atoms. The number of nitrogens with zero attached hydrogens (tertiary/aromatic N) is 3. The zero-order chi connectivity index (χ0) is 19.6. The third-order valence-electron chi connectivity index (χ3n) is 4.89. The van der Waals surface area contributed by atoms with Crippen molar-refractivity contribution in [2.45, 2.75) is 4.90 Å². The summed E-state index contributed by atoms with van der Waals surface area (Å²) < 4.78 is 24.4. The Morgan fingerprint density at radius 2 is 1.82 bits per heavy atom. The molecule has 0 spiro atoms. The normalized spacial score (nSPS) is 16.2. The lowest BCUT2D eigenvalue weighted by Gasteiger charge is -2.33. The molecule has 7 heteroatoms. The van der Waals surface area contributed by atoms with Crippen molar-refractivity contribution in [3.63, 3.8) is 0 Å². The number of hydrogen-bond donors (Lipinski definition) is 0. The van der Waals surface area contributed by atoms with Crippen molar-refractivity contribution >= 4 is 42.6 Å². The average molecular weight is 414 g/mol. The number of sulfone groups is 1. The fraction of sp³-hybridized carbons (Fsp3) is 0.286. The highest BCUT2D eigenvalue weighted by Crippen LogP contribution is 2.31. The first-order chi connectivity index (χ1) is 13.5. The summed E-state index contributed by atoms with van der Waals surface area (Å²) in [6.07, 6.45) is 5.62. The summed E-state index contributed by atoms with van der Waals surface area (Å²) in [4.78, 5) is 9.78. The smallest absolute Gasteiger partial charge is 0.186 e. The van der Waals surface area contributed by atoms with Gasteiger partial charge in [0.15, 0.2) is 15.0 Å². The molecule has 0 aliphatic carbocycles. The number of rotatable bonds is 5. The van der Waals surface area contributed by atoms with Gasteiger partial charge >= 0.3 is 0 Å². The van der Waals surface area contributed by atoms with Gasteiger partial charge in [0.1, 0.15) is 0 Å². The van der Waals surface area contributed by atoms with Crippen molar-refractivity contribution < 1.29 is 8.42 Å². The topological polar surface area (TPSA) is 53.5 Å². The van der Waals surface area contributed by atoms with Gasteiger partial charge in [-0.3, -0.25) is 4.90 Å². The molecule has 3 aromatic rings. The van der Waals surface area contributed by atoms with Crippen LogP contribution in [0.1, 0.15) is 5.56 Å². The highest BCUT2D eigenvalue weighted by Gasteiger charge is 2.19. The van der Waals surface area contributed by atoms with E-state index in [9.17, 15) is 8.42 Å². The zero-order valence-electron chi connectivity index (χ0n) is 15.8. The van der Waals surface area contributed by atoms with Gasteiger partial charge in [-0.15, -0.1) is 0 Å². The minimum absolute atomic E-state index is 0.352. The van der Waals surface area contributed by atoms with Gasteiger partial charge in [0.05, 0.1) is 15.1 Å². The Hall–Kier alpha value is -2.22. The highest BCUT2D eigenvalue weighted by molar-refractivity contribution is 7.90. The SMILES string of the molecule is CS(=O)(=O)c1ccc2nc(N3CCN(C/C=C/c4ccccc4)CC3)sc2c1. The van der Waals surface area contributed by atoms with Crippen LogP contribution in [0.5, 0.6) is 0 Å². The number of piperazine rings is 1. The lowest BCUT2D eigenvalue weighted by molar-refractivity contribution is 0.284. The van der Waals surface area contributed by atoms with Crippen LogP contribution in [0.15, 0.2) is 59.5 Å². The van der Waals surface area contributed by atoms with Gasteiger partial charge in [-0.1, -0.05) is 53.8 Å². The third kappa shape index (κ3) is 4.43. The van der Waals surface area contributed by atoms with Crippen LogP contribution in [0.2, 0.25) is 0 Å². The van der Waals surface area contributed by atoms with Gasteiger partial charge in [-0.25, -0.2) is 13.4 Å². The Morgan fingerprint density at radius 1 is 1.07 bits per heavy atom. The van der Waals surface area contributed by atoms with Crippen LogP contribution < -0.4 is 4.90 Å². The third-order valence-corrected chi connectivity index (χ3v) is 7.08. The molecule has 0 saturated carbocycles. The molecule has 0 atom stereocenters. The molecule has 2 heterocycles. The molecule has 5 nitrogen and oxygen atoms in total. The highest BCUT2D eigenvalue weighted by atomic mass is 32.2. The minimum atomic E-state index is -3.19. The maximum Gasteiger partial charge on any atom is 0.186 e. The van der Waals surface area contributed by atoms with Gasteiger partial charge in [-0.05, 0) is 23.8 Å². The Labute approximate surface area is 169 Å². The quantitative estimate of drug-likeness (QED) is 0.640. The van der Waals surface area contributed by atoms with Crippen LogP contribution in [-0.4, -0.2) is 57.3 Å². The molecule has 1 aliphatic heterocycles. The molecule has 1 fully saturated rings. The molecule has 1 aliphatic rings. The molecule has 0 radical (unpaired) electrons. The van der Waals surface area contributed by atoms with E-state index in [-0.39, 0.29) is 0 Å². The summed E-state index contributed by atoms with van der Waals surface area (Å²) in [6, 6.07) is 15.5. The number of hydrogen-bond acceptors (Lipinski definition) is 6. The fourth-order valence-electron chi connectivity index (χ4n) is 3.28. The van der Waals surface area contributed by atoms with E-state index in [1.54, 1.807) is 29.5 Å². The second-order valence-electron chi connectivity index (χ2n) is 7.00. The van der Waals surface area contributed by atoms with Crippen molar-refractivity contribution in [2.24, 2.45) is 0 Å². The van der Waals surface area contributed by atoms with Crippen molar-refractivity contribution in [1.82, 2.24) is 9.88 Å². The molecule has 0 unspecified atom stereocenters. The van der Waals surface area contributed by atoms with Crippen molar-refractivity contribution in [1.29, 1.82) is 0 Å². The molecule has 0 amide bonds. The van der Waals surface area contributed by atoms with Gasteiger partial charge in [0.2, 0.25) is 0 Å². The van der Waals surface area contributed by atoms with E-state index >= 15 is 0 Å². The molecule has 1 saturated heterocycles. The monoisotopic (exact) mass is 413 g/mol. The van der Waals surface area contributed by atoms with Gasteiger partial charge in [-0.2, -0.15) is 0 Å². The zero-order valence-corrected chi connectivity index (χ0v) is 17.4. The molecule has 4 rings (SSSR count). The maximum absolute atomic E-state index is 11.8. The summed E-state index contributed by atoms with van der Waals surface area (Å²) in [5.41, 5.74) is 2.09. The summed E-state index contributed by atoms with van der Waals surface area (Å²) in [6.45, 7) is 4.78. The van der Waals surface area contributed by atoms with E-state index in [0.29, 0.717) is 4.90 Å². The molecule has 146 valence electrons. The van der Waals surface area contributed by atoms with Crippen LogP contribution in [0.25, 0.3) is 16.3 Å². The van der Waals surface area contributed by atoms with E-state index in [1.807, 2.05) is 6.07 Å². The van der Waals surface area contributed by atoms with Crippen LogP contribution in [-0.2, 0) is 9.84 Å². The summed E-state index contributed by atoms with van der Waals surface area (Å²) in [5, 5.41) is 0.972. The molecular weight excluding hydrogens is 390 g/mol. The van der Waals surface area contributed by atoms with E-state index in [1.165, 1.54) is 11.8 Å². The van der Waals surface area contributed by atoms with E-state index in [0.717, 1.165) is 48.1 Å². The Kier molecular flexibility index (Phi) is 5.48. The van der Waals surface area contributed by atoms with E-state index < -0.39 is 9.84 Å². The molecule has 1 aromatic heterocycles. The predicted octanol–water partition coefficient (Wildman–Crippen LogP) is 3.54. The number of fused-ring (bicyclic) bond motifs is 1. The standard InChI is InChI=1S/C21H23N3O2S2/c1-28(25,26)18-9-10-19-20(16-18)27-21(22-19)24-14-12-23(13-15-24)11-5-8-17-6-3-2-4-7-17/h2-10,16H,11-15H2,1H3/b8-5+. The van der Waals surface area contributed by atoms with Crippen molar-refractivity contribution in [2.75, 3.05) is 43.9 Å². The fourth-order valence-corrected chi connectivity index (χ4v) is 5.06. The molecule has 2 aromatic carbocycles. The summed E-state index contributed by atoms with van der Waals surface area (Å²) >= 11 is 1.57. The largest absolute Gasteiger partial charge is 0.345 e. The van der Waals surface area contributed by atoms with Crippen LogP contribution >= 0.6 is 11.3 Å². The Balaban J connectivity index is 1.37. The first kappa shape index (κ1) is 19.1. The first-order valence-electron chi connectivity index (χ1n) is 9.28. The lowest BCUT2D eigenvalue weighted by Crippen LogP contribution is -2.46. The molecule has 0 N–H and O–H groups in total. The Morgan fingerprint density at radius 3 is 2.54 bits per heavy atom. The number of anilines is 1. The maximum atomic E-state index is 11.8. The average Bonchev–Trinajstić information content (AvgIpc) is 3.12. The second-order valence-corrected chi connectivity index (χ2v) is 10.0. The van der Waals surface area contributed by atoms with Crippen LogP contribution in [0, 0.1) is 0 Å². The van der Waals surface area contributed by atoms with Crippen LogP contribution in [0.4, 0.5) is 5.13 Å². The molecular formula is C21H23N3O2S2. The van der Waals surface area contributed by atoms with Crippen LogP contribution in [0.3, 0.4) is 0 Å². The molecule has 0 bridgehead atoms. The van der Waals surface area contributed by atoms with Gasteiger partial charge in [0.25, 0.3) is 0 Å². The summed E-state index contributed by atoms with van der Waals surface area (Å²) in [5.74, 6) is 0. The first-order valence-corrected chi connectivity index (χ1v) is 12.0. The second kappa shape index (κ2) is 8.03. The number of thiazole rings is 1. The predicted molar refractivity (Wildman–Crippen MR) is 117 cm³/mol. The number of benzene rings is 2. The summed E-state index contributed by atoms with van der Waals surface area (Å²) in [7, 11) is -3.19.